The van der Waals surface area contributed by atoms with Gasteiger partial charge in [0.25, 0.3) is 0 Å². The van der Waals surface area contributed by atoms with Crippen LogP contribution in [-0.4, -0.2) is 0 Å². The molecule has 0 bridgehead atoms. The number of aryl methyl sites for hydroxylation is 2. The lowest BCUT2D eigenvalue weighted by Gasteiger charge is -2.27. The molecule has 0 saturated carbocycles. The number of hydrogen-bond donors (Lipinski definition) is 0. The molecule has 68 heavy (non-hydrogen) atoms. The topological polar surface area (TPSA) is 32.8 Å². The lowest BCUT2D eigenvalue weighted by atomic mass is 9.87. The molecule has 0 aliphatic carbocycles. The Hall–Kier alpha value is -8.86. The van der Waals surface area contributed by atoms with Crippen LogP contribution in [0.2, 0.25) is 0 Å². The van der Waals surface area contributed by atoms with Crippen LogP contribution >= 0.6 is 0 Å². The Bertz CT molecular complexity index is 3780. The van der Waals surface area contributed by atoms with Crippen molar-refractivity contribution in [2.45, 2.75) is 13.8 Å². The number of rotatable bonds is 8. The second-order valence-electron chi connectivity index (χ2n) is 17.8. The number of benzene rings is 11. The molecular weight excluding hydrogens is 829 g/mol. The number of nitrogens with zero attached hydrogens (tertiary/aromatic N) is 2. The van der Waals surface area contributed by atoms with Gasteiger partial charge in [-0.1, -0.05) is 146 Å². The molecule has 2 heterocycles. The predicted molar refractivity (Wildman–Crippen MR) is 286 cm³/mol. The second-order valence-corrected chi connectivity index (χ2v) is 17.8. The van der Waals surface area contributed by atoms with Crippen LogP contribution in [0.25, 0.3) is 87.7 Å². The van der Waals surface area contributed by atoms with E-state index in [0.717, 1.165) is 122 Å². The van der Waals surface area contributed by atoms with Crippen LogP contribution < -0.4 is 9.80 Å². The maximum atomic E-state index is 7.19. The van der Waals surface area contributed by atoms with E-state index in [0.29, 0.717) is 0 Å². The zero-order valence-electron chi connectivity index (χ0n) is 37.7. The van der Waals surface area contributed by atoms with E-state index in [2.05, 4.69) is 254 Å². The van der Waals surface area contributed by atoms with E-state index in [9.17, 15) is 0 Å². The first-order valence-electron chi connectivity index (χ1n) is 23.2. The Labute approximate surface area is 394 Å². The molecule has 0 aliphatic rings. The predicted octanol–water partition coefficient (Wildman–Crippen LogP) is 18.7. The van der Waals surface area contributed by atoms with Crippen molar-refractivity contribution in [3.8, 4) is 22.3 Å². The summed E-state index contributed by atoms with van der Waals surface area (Å²) in [6.45, 7) is 4.34. The van der Waals surface area contributed by atoms with Crippen LogP contribution in [-0.2, 0) is 0 Å². The molecule has 11 aromatic carbocycles. The molecule has 0 N–H and O–H groups in total. The Morgan fingerprint density at radius 2 is 0.676 bits per heavy atom. The Morgan fingerprint density at radius 3 is 1.07 bits per heavy atom. The van der Waals surface area contributed by atoms with Gasteiger partial charge in [0, 0.05) is 66.8 Å². The summed E-state index contributed by atoms with van der Waals surface area (Å²) in [7, 11) is 0. The Balaban J connectivity index is 1.08. The van der Waals surface area contributed by atoms with Crippen molar-refractivity contribution < 1.29 is 8.83 Å². The van der Waals surface area contributed by atoms with Gasteiger partial charge in [0.05, 0.1) is 0 Å². The summed E-state index contributed by atoms with van der Waals surface area (Å²) in [5, 5.41) is 8.61. The number of para-hydroxylation sites is 4. The first-order chi connectivity index (χ1) is 33.6. The van der Waals surface area contributed by atoms with Crippen LogP contribution in [0.5, 0.6) is 0 Å². The van der Waals surface area contributed by atoms with Crippen LogP contribution in [0.3, 0.4) is 0 Å². The molecule has 0 saturated heterocycles. The summed E-state index contributed by atoms with van der Waals surface area (Å²) < 4.78 is 14.4. The van der Waals surface area contributed by atoms with Gasteiger partial charge in [-0.3, -0.25) is 0 Å². The third-order valence-corrected chi connectivity index (χ3v) is 13.6. The molecule has 2 aromatic heterocycles. The summed E-state index contributed by atoms with van der Waals surface area (Å²) in [6.07, 6.45) is 0. The highest BCUT2D eigenvalue weighted by Gasteiger charge is 2.27. The molecule has 0 radical (unpaired) electrons. The van der Waals surface area contributed by atoms with Gasteiger partial charge < -0.3 is 18.6 Å². The molecule has 322 valence electrons. The van der Waals surface area contributed by atoms with Gasteiger partial charge in [0.2, 0.25) is 0 Å². The number of anilines is 6. The van der Waals surface area contributed by atoms with Gasteiger partial charge >= 0.3 is 0 Å². The van der Waals surface area contributed by atoms with E-state index < -0.39 is 0 Å². The number of hydrogen-bond acceptors (Lipinski definition) is 4. The fourth-order valence-electron chi connectivity index (χ4n) is 10.4. The molecule has 13 aromatic rings. The zero-order valence-corrected chi connectivity index (χ0v) is 37.7. The van der Waals surface area contributed by atoms with Gasteiger partial charge in [0.1, 0.15) is 11.2 Å². The Kier molecular flexibility index (Phi) is 9.26. The van der Waals surface area contributed by atoms with E-state index in [1.54, 1.807) is 0 Å². The smallest absolute Gasteiger partial charge is 0.179 e. The summed E-state index contributed by atoms with van der Waals surface area (Å²) >= 11 is 0. The molecule has 0 atom stereocenters. The average molecular weight is 873 g/mol. The maximum absolute atomic E-state index is 7.19. The van der Waals surface area contributed by atoms with E-state index in [4.69, 9.17) is 8.83 Å². The van der Waals surface area contributed by atoms with Crippen LogP contribution in [0.4, 0.5) is 34.1 Å². The van der Waals surface area contributed by atoms with E-state index in [1.165, 1.54) is 11.1 Å². The summed E-state index contributed by atoms with van der Waals surface area (Å²) in [5.41, 5.74) is 16.6. The van der Waals surface area contributed by atoms with E-state index in [1.807, 2.05) is 0 Å². The quantitative estimate of drug-likeness (QED) is 0.152. The average Bonchev–Trinajstić information content (AvgIpc) is 3.95. The molecular formula is C64H44N2O2. The lowest BCUT2D eigenvalue weighted by molar-refractivity contribution is 0.634. The second kappa shape index (κ2) is 15.9. The number of furan rings is 2. The molecule has 4 heteroatoms. The minimum Gasteiger partial charge on any atom is -0.452 e. The standard InChI is InChI=1S/C64H44N2O2/c1-41-19-15-17-29-55(41)65(49-25-11-5-12-26-49)51-33-31-45-37-53-57(39-47(45)35-51)67-63-61(53)59(43-21-7-3-8-22-43)60(44-23-9-4-10-24-44)62-54-38-46-32-34-52(36-48(46)40-58(54)68-64(62)63)66(50-27-13-6-14-28-50)56-30-18-16-20-42(56)2/h3-40H,1-2H3. The van der Waals surface area contributed by atoms with Crippen molar-refractivity contribution in [1.29, 1.82) is 0 Å². The molecule has 0 amide bonds. The highest BCUT2D eigenvalue weighted by Crippen LogP contribution is 2.52. The minimum absolute atomic E-state index is 0.741. The van der Waals surface area contributed by atoms with Gasteiger partial charge in [-0.2, -0.15) is 0 Å². The van der Waals surface area contributed by atoms with Crippen molar-refractivity contribution in [3.63, 3.8) is 0 Å². The number of fused-ring (bicyclic) bond motifs is 9. The van der Waals surface area contributed by atoms with Crippen LogP contribution in [0.1, 0.15) is 11.1 Å². The minimum atomic E-state index is 0.741. The highest BCUT2D eigenvalue weighted by molar-refractivity contribution is 6.31. The maximum Gasteiger partial charge on any atom is 0.179 e. The molecule has 0 aliphatic heterocycles. The SMILES string of the molecule is Cc1ccccc1N(c1ccccc1)c1ccc2cc3c(cc2c1)oc1c2oc4cc5cc(N(c6ccccc6)c6ccccc6C)ccc5cc4c2c(-c2ccccc2)c(-c2ccccc2)c31. The van der Waals surface area contributed by atoms with Gasteiger partial charge in [0.15, 0.2) is 11.2 Å². The molecule has 13 rings (SSSR count). The van der Waals surface area contributed by atoms with E-state index >= 15 is 0 Å². The highest BCUT2D eigenvalue weighted by atomic mass is 16.4. The molecule has 0 unspecified atom stereocenters. The summed E-state index contributed by atoms with van der Waals surface area (Å²) in [6, 6.07) is 82.4. The first kappa shape index (κ1) is 39.5. The van der Waals surface area contributed by atoms with Gasteiger partial charge in [-0.15, -0.1) is 0 Å². The Morgan fingerprint density at radius 1 is 0.309 bits per heavy atom. The zero-order chi connectivity index (χ0) is 45.3. The first-order valence-corrected chi connectivity index (χ1v) is 23.2. The fraction of sp³-hybridized carbons (Fsp3) is 0.0312. The normalized spacial score (nSPS) is 11.7. The fourth-order valence-corrected chi connectivity index (χ4v) is 10.4. The third kappa shape index (κ3) is 6.45. The van der Waals surface area contributed by atoms with Crippen molar-refractivity contribution in [3.05, 3.63) is 242 Å². The van der Waals surface area contributed by atoms with Gasteiger partial charge in [-0.25, -0.2) is 0 Å². The van der Waals surface area contributed by atoms with Crippen molar-refractivity contribution in [2.75, 3.05) is 9.80 Å². The summed E-state index contributed by atoms with van der Waals surface area (Å²) in [5.74, 6) is 0. The monoisotopic (exact) mass is 872 g/mol. The molecule has 4 nitrogen and oxygen atoms in total. The largest absolute Gasteiger partial charge is 0.452 e. The van der Waals surface area contributed by atoms with E-state index in [-0.39, 0.29) is 0 Å². The lowest BCUT2D eigenvalue weighted by Crippen LogP contribution is -2.11. The van der Waals surface area contributed by atoms with Gasteiger partial charge in [-0.05, 0) is 143 Å². The van der Waals surface area contributed by atoms with Crippen molar-refractivity contribution in [2.24, 2.45) is 0 Å². The molecule has 0 spiro atoms. The van der Waals surface area contributed by atoms with Crippen molar-refractivity contribution >= 4 is 99.5 Å². The molecule has 0 fully saturated rings. The summed E-state index contributed by atoms with van der Waals surface area (Å²) in [4.78, 5) is 4.67. The van der Waals surface area contributed by atoms with Crippen molar-refractivity contribution in [1.82, 2.24) is 0 Å². The van der Waals surface area contributed by atoms with Crippen LogP contribution in [0.15, 0.2) is 239 Å². The van der Waals surface area contributed by atoms with Crippen LogP contribution in [0, 0.1) is 13.8 Å². The third-order valence-electron chi connectivity index (χ3n) is 13.6.